The lowest BCUT2D eigenvalue weighted by atomic mass is 10.2. The fourth-order valence-electron chi connectivity index (χ4n) is 1.60. The first-order valence-electron chi connectivity index (χ1n) is 5.34. The Morgan fingerprint density at radius 1 is 0.947 bits per heavy atom. The Hall–Kier alpha value is -0.800. The SMILES string of the molecule is Oc1c(Cl)cc(Cl)cc1CNc1c(Cl)cccc1Cl. The van der Waals surface area contributed by atoms with Crippen molar-refractivity contribution in [1.29, 1.82) is 0 Å². The molecule has 0 radical (unpaired) electrons. The molecule has 2 aromatic carbocycles. The number of rotatable bonds is 3. The van der Waals surface area contributed by atoms with E-state index in [0.717, 1.165) is 0 Å². The molecule has 0 aliphatic heterocycles. The fourth-order valence-corrected chi connectivity index (χ4v) is 2.67. The van der Waals surface area contributed by atoms with Crippen LogP contribution in [0.25, 0.3) is 0 Å². The van der Waals surface area contributed by atoms with Gasteiger partial charge in [0.1, 0.15) is 5.75 Å². The largest absolute Gasteiger partial charge is 0.506 e. The summed E-state index contributed by atoms with van der Waals surface area (Å²) in [4.78, 5) is 0. The number of para-hydroxylation sites is 1. The Kier molecular flexibility index (Phi) is 4.69. The highest BCUT2D eigenvalue weighted by Gasteiger charge is 2.10. The average molecular weight is 337 g/mol. The van der Waals surface area contributed by atoms with E-state index in [1.54, 1.807) is 24.3 Å². The number of anilines is 1. The van der Waals surface area contributed by atoms with E-state index in [-0.39, 0.29) is 10.8 Å². The molecule has 0 saturated heterocycles. The lowest BCUT2D eigenvalue weighted by Crippen LogP contribution is -2.01. The molecular formula is C13H9Cl4NO. The zero-order chi connectivity index (χ0) is 14.0. The quantitative estimate of drug-likeness (QED) is 0.762. The summed E-state index contributed by atoms with van der Waals surface area (Å²) in [7, 11) is 0. The number of hydrogen-bond donors (Lipinski definition) is 2. The maximum absolute atomic E-state index is 9.84. The second-order valence-electron chi connectivity index (χ2n) is 3.85. The predicted octanol–water partition coefficient (Wildman–Crippen LogP) is 5.62. The monoisotopic (exact) mass is 335 g/mol. The molecule has 0 unspecified atom stereocenters. The summed E-state index contributed by atoms with van der Waals surface area (Å²) >= 11 is 23.8. The third kappa shape index (κ3) is 3.40. The molecule has 0 aromatic heterocycles. The molecule has 0 bridgehead atoms. The van der Waals surface area contributed by atoms with Crippen molar-refractivity contribution >= 4 is 52.1 Å². The van der Waals surface area contributed by atoms with Crippen LogP contribution in [-0.4, -0.2) is 5.11 Å². The van der Waals surface area contributed by atoms with Crippen LogP contribution < -0.4 is 5.32 Å². The van der Waals surface area contributed by atoms with Crippen molar-refractivity contribution in [2.75, 3.05) is 5.32 Å². The molecule has 0 heterocycles. The minimum atomic E-state index is -0.0123. The summed E-state index contributed by atoms with van der Waals surface area (Å²) in [5.41, 5.74) is 1.16. The van der Waals surface area contributed by atoms with Gasteiger partial charge in [-0.1, -0.05) is 52.5 Å². The smallest absolute Gasteiger partial charge is 0.139 e. The van der Waals surface area contributed by atoms with E-state index in [0.29, 0.717) is 32.9 Å². The minimum Gasteiger partial charge on any atom is -0.506 e. The first-order valence-corrected chi connectivity index (χ1v) is 6.85. The highest BCUT2D eigenvalue weighted by atomic mass is 35.5. The standard InChI is InChI=1S/C13H9Cl4NO/c14-8-4-7(13(19)11(17)5-8)6-18-12-9(15)2-1-3-10(12)16/h1-5,18-19H,6H2. The summed E-state index contributed by atoms with van der Waals surface area (Å²) in [6.45, 7) is 0.301. The lowest BCUT2D eigenvalue weighted by Gasteiger charge is -2.12. The van der Waals surface area contributed by atoms with Gasteiger partial charge in [0.2, 0.25) is 0 Å². The van der Waals surface area contributed by atoms with E-state index in [2.05, 4.69) is 5.32 Å². The number of benzene rings is 2. The van der Waals surface area contributed by atoms with E-state index in [9.17, 15) is 5.11 Å². The predicted molar refractivity (Wildman–Crippen MR) is 81.9 cm³/mol. The molecule has 0 atom stereocenters. The molecule has 2 N–H and O–H groups in total. The number of phenolic OH excluding ortho intramolecular Hbond substituents is 1. The molecular weight excluding hydrogens is 328 g/mol. The van der Waals surface area contributed by atoms with Crippen molar-refractivity contribution in [3.8, 4) is 5.75 Å². The number of halogens is 4. The number of nitrogens with one attached hydrogen (secondary N) is 1. The maximum Gasteiger partial charge on any atom is 0.139 e. The highest BCUT2D eigenvalue weighted by Crippen LogP contribution is 2.34. The van der Waals surface area contributed by atoms with Crippen LogP contribution in [0.1, 0.15) is 5.56 Å². The molecule has 0 fully saturated rings. The molecule has 19 heavy (non-hydrogen) atoms. The molecule has 6 heteroatoms. The summed E-state index contributed by atoms with van der Waals surface area (Å²) < 4.78 is 0. The van der Waals surface area contributed by atoms with Crippen LogP contribution in [0.3, 0.4) is 0 Å². The Morgan fingerprint density at radius 3 is 2.21 bits per heavy atom. The number of phenols is 1. The third-order valence-corrected chi connectivity index (χ3v) is 3.66. The molecule has 2 nitrogen and oxygen atoms in total. The molecule has 0 saturated carbocycles. The van der Waals surface area contributed by atoms with E-state index in [1.807, 2.05) is 0 Å². The van der Waals surface area contributed by atoms with Gasteiger partial charge in [-0.15, -0.1) is 0 Å². The van der Waals surface area contributed by atoms with Gasteiger partial charge in [0.15, 0.2) is 0 Å². The van der Waals surface area contributed by atoms with Gasteiger partial charge in [-0.3, -0.25) is 0 Å². The van der Waals surface area contributed by atoms with Crippen molar-refractivity contribution < 1.29 is 5.11 Å². The normalized spacial score (nSPS) is 10.5. The second kappa shape index (κ2) is 6.10. The van der Waals surface area contributed by atoms with Crippen molar-refractivity contribution in [3.05, 3.63) is 56.0 Å². The van der Waals surface area contributed by atoms with E-state index in [1.165, 1.54) is 6.07 Å². The molecule has 0 spiro atoms. The Labute approximate surface area is 130 Å². The van der Waals surface area contributed by atoms with Crippen LogP contribution in [0.5, 0.6) is 5.75 Å². The minimum absolute atomic E-state index is 0.0123. The summed E-state index contributed by atoms with van der Waals surface area (Å²) in [5, 5.41) is 14.5. The van der Waals surface area contributed by atoms with E-state index < -0.39 is 0 Å². The molecule has 0 aliphatic rings. The third-order valence-electron chi connectivity index (χ3n) is 2.53. The number of hydrogen-bond acceptors (Lipinski definition) is 2. The van der Waals surface area contributed by atoms with E-state index in [4.69, 9.17) is 46.4 Å². The lowest BCUT2D eigenvalue weighted by molar-refractivity contribution is 0.469. The average Bonchev–Trinajstić information content (AvgIpc) is 2.34. The highest BCUT2D eigenvalue weighted by molar-refractivity contribution is 6.39. The fraction of sp³-hybridized carbons (Fsp3) is 0.0769. The van der Waals surface area contributed by atoms with Crippen LogP contribution in [-0.2, 0) is 6.54 Å². The molecule has 2 rings (SSSR count). The second-order valence-corrected chi connectivity index (χ2v) is 5.50. The van der Waals surface area contributed by atoms with Gasteiger partial charge in [0, 0.05) is 17.1 Å². The van der Waals surface area contributed by atoms with Crippen LogP contribution >= 0.6 is 46.4 Å². The topological polar surface area (TPSA) is 32.3 Å². The zero-order valence-corrected chi connectivity index (χ0v) is 12.6. The van der Waals surface area contributed by atoms with Crippen molar-refractivity contribution in [2.45, 2.75) is 6.54 Å². The van der Waals surface area contributed by atoms with Crippen LogP contribution in [0.4, 0.5) is 5.69 Å². The maximum atomic E-state index is 9.84. The Balaban J connectivity index is 2.24. The number of aromatic hydroxyl groups is 1. The van der Waals surface area contributed by atoms with Crippen LogP contribution in [0.2, 0.25) is 20.1 Å². The van der Waals surface area contributed by atoms with Gasteiger partial charge in [0.25, 0.3) is 0 Å². The first-order chi connectivity index (χ1) is 8.99. The molecule has 0 amide bonds. The molecule has 2 aromatic rings. The van der Waals surface area contributed by atoms with Gasteiger partial charge in [-0.05, 0) is 24.3 Å². The summed E-state index contributed by atoms with van der Waals surface area (Å²) in [5.74, 6) is -0.0123. The Bertz CT molecular complexity index is 596. The molecule has 0 aliphatic carbocycles. The first kappa shape index (κ1) is 14.6. The van der Waals surface area contributed by atoms with Crippen LogP contribution in [0.15, 0.2) is 30.3 Å². The van der Waals surface area contributed by atoms with Gasteiger partial charge in [0.05, 0.1) is 20.8 Å². The summed E-state index contributed by atoms with van der Waals surface area (Å²) in [6.07, 6.45) is 0. The summed E-state index contributed by atoms with van der Waals surface area (Å²) in [6, 6.07) is 8.30. The van der Waals surface area contributed by atoms with E-state index >= 15 is 0 Å². The van der Waals surface area contributed by atoms with Crippen LogP contribution in [0, 0.1) is 0 Å². The Morgan fingerprint density at radius 2 is 1.58 bits per heavy atom. The van der Waals surface area contributed by atoms with Crippen molar-refractivity contribution in [3.63, 3.8) is 0 Å². The molecule has 100 valence electrons. The van der Waals surface area contributed by atoms with Gasteiger partial charge < -0.3 is 10.4 Å². The van der Waals surface area contributed by atoms with Crippen molar-refractivity contribution in [1.82, 2.24) is 0 Å². The zero-order valence-electron chi connectivity index (χ0n) is 9.55. The van der Waals surface area contributed by atoms with Crippen molar-refractivity contribution in [2.24, 2.45) is 0 Å². The van der Waals surface area contributed by atoms with Gasteiger partial charge in [-0.2, -0.15) is 0 Å². The van der Waals surface area contributed by atoms with Gasteiger partial charge in [-0.25, -0.2) is 0 Å². The van der Waals surface area contributed by atoms with Gasteiger partial charge >= 0.3 is 0 Å².